The Labute approximate surface area is 200 Å². The van der Waals surface area contributed by atoms with Crippen LogP contribution in [0.3, 0.4) is 0 Å². The summed E-state index contributed by atoms with van der Waals surface area (Å²) in [5.74, 6) is 2.13. The lowest BCUT2D eigenvalue weighted by Crippen LogP contribution is -2.47. The average molecular weight is 470 g/mol. The number of carbonyl (C=O) groups excluding carboxylic acids is 2. The van der Waals surface area contributed by atoms with Crippen LogP contribution < -0.4 is 0 Å². The molecule has 2 aromatic rings. The first kappa shape index (κ1) is 23.0. The molecule has 1 unspecified atom stereocenters. The fourth-order valence-electron chi connectivity index (χ4n) is 6.11. The van der Waals surface area contributed by atoms with E-state index in [1.54, 1.807) is 24.0 Å². The Morgan fingerprint density at radius 3 is 2.44 bits per heavy atom. The molecule has 0 saturated carbocycles. The Morgan fingerprint density at radius 2 is 1.85 bits per heavy atom. The van der Waals surface area contributed by atoms with Gasteiger partial charge in [0.1, 0.15) is 0 Å². The fourth-order valence-corrected chi connectivity index (χ4v) is 6.11. The van der Waals surface area contributed by atoms with Crippen LogP contribution in [0.15, 0.2) is 16.8 Å². The number of piperidine rings is 2. The van der Waals surface area contributed by atoms with E-state index >= 15 is 0 Å². The Hall–Kier alpha value is -2.75. The van der Waals surface area contributed by atoms with E-state index in [-0.39, 0.29) is 23.1 Å². The molecule has 184 valence electrons. The van der Waals surface area contributed by atoms with Crippen LogP contribution in [0.4, 0.5) is 0 Å². The summed E-state index contributed by atoms with van der Waals surface area (Å²) in [6.07, 6.45) is 7.58. The third-order valence-corrected chi connectivity index (χ3v) is 8.15. The van der Waals surface area contributed by atoms with Gasteiger partial charge in [-0.3, -0.25) is 14.3 Å². The quantitative estimate of drug-likeness (QED) is 0.672. The lowest BCUT2D eigenvalue weighted by molar-refractivity contribution is -0.130. The van der Waals surface area contributed by atoms with Gasteiger partial charge in [0, 0.05) is 65.2 Å². The van der Waals surface area contributed by atoms with E-state index in [0.717, 1.165) is 58.4 Å². The largest absolute Gasteiger partial charge is 0.425 e. The lowest BCUT2D eigenvalue weighted by atomic mass is 9.70. The molecule has 0 radical (unpaired) electrons. The highest BCUT2D eigenvalue weighted by Gasteiger charge is 2.52. The zero-order valence-corrected chi connectivity index (χ0v) is 20.4. The number of likely N-dealkylation sites (tertiary alicyclic amines) is 3. The number of carbonyl (C=O) groups is 2. The molecule has 3 aliphatic heterocycles. The molecule has 3 aliphatic rings. The second-order valence-electron chi connectivity index (χ2n) is 10.4. The number of nitrogens with zero attached hydrogens (tertiary/aromatic N) is 7. The van der Waals surface area contributed by atoms with Gasteiger partial charge >= 0.3 is 0 Å². The number of amides is 2. The van der Waals surface area contributed by atoms with E-state index in [2.05, 4.69) is 20.2 Å². The second kappa shape index (κ2) is 9.13. The molecule has 1 spiro atoms. The van der Waals surface area contributed by atoms with Crippen LogP contribution in [0.25, 0.3) is 0 Å². The first-order valence-corrected chi connectivity index (χ1v) is 12.4. The molecule has 0 aliphatic carbocycles. The van der Waals surface area contributed by atoms with Crippen molar-refractivity contribution in [3.05, 3.63) is 29.7 Å². The third kappa shape index (κ3) is 4.47. The van der Waals surface area contributed by atoms with Gasteiger partial charge in [-0.1, -0.05) is 0 Å². The molecule has 10 nitrogen and oxygen atoms in total. The minimum atomic E-state index is -0.0503. The Bertz CT molecular complexity index is 1030. The summed E-state index contributed by atoms with van der Waals surface area (Å²) in [5, 5.41) is 12.6. The summed E-state index contributed by atoms with van der Waals surface area (Å²) in [4.78, 5) is 31.3. The van der Waals surface area contributed by atoms with Crippen LogP contribution in [0.1, 0.15) is 60.7 Å². The van der Waals surface area contributed by atoms with Crippen molar-refractivity contribution in [3.8, 4) is 0 Å². The molecule has 2 amide bonds. The molecule has 0 aromatic carbocycles. The number of hydrogen-bond donors (Lipinski definition) is 0. The topological polar surface area (TPSA) is 101 Å². The normalized spacial score (nSPS) is 23.7. The zero-order chi connectivity index (χ0) is 23.9. The van der Waals surface area contributed by atoms with Crippen LogP contribution in [0.2, 0.25) is 0 Å². The van der Waals surface area contributed by atoms with Crippen LogP contribution in [-0.2, 0) is 11.8 Å². The first-order valence-electron chi connectivity index (χ1n) is 12.4. The highest BCUT2D eigenvalue weighted by Crippen LogP contribution is 2.50. The van der Waals surface area contributed by atoms with Crippen molar-refractivity contribution in [2.24, 2.45) is 18.4 Å². The molecule has 1 atom stereocenters. The van der Waals surface area contributed by atoms with Gasteiger partial charge in [0.05, 0.1) is 17.7 Å². The van der Waals surface area contributed by atoms with Gasteiger partial charge in [0.15, 0.2) is 0 Å². The predicted molar refractivity (Wildman–Crippen MR) is 124 cm³/mol. The van der Waals surface area contributed by atoms with Crippen molar-refractivity contribution in [1.29, 1.82) is 0 Å². The Kier molecular flexibility index (Phi) is 6.18. The van der Waals surface area contributed by atoms with Crippen molar-refractivity contribution in [2.75, 3.05) is 45.8 Å². The first-order chi connectivity index (χ1) is 16.3. The highest BCUT2D eigenvalue weighted by molar-refractivity contribution is 5.94. The number of rotatable bonds is 4. The van der Waals surface area contributed by atoms with Crippen molar-refractivity contribution < 1.29 is 14.0 Å². The molecule has 5 heterocycles. The van der Waals surface area contributed by atoms with Gasteiger partial charge in [-0.15, -0.1) is 10.2 Å². The molecule has 10 heteroatoms. The summed E-state index contributed by atoms with van der Waals surface area (Å²) in [7, 11) is 1.83. The molecular formula is C24H35N7O3. The molecule has 0 N–H and O–H groups in total. The summed E-state index contributed by atoms with van der Waals surface area (Å²) in [6, 6.07) is 0. The number of hydrogen-bond acceptors (Lipinski definition) is 7. The van der Waals surface area contributed by atoms with Gasteiger partial charge in [0.2, 0.25) is 17.7 Å². The maximum Gasteiger partial charge on any atom is 0.257 e. The van der Waals surface area contributed by atoms with E-state index in [1.807, 2.05) is 23.8 Å². The maximum atomic E-state index is 13.2. The summed E-state index contributed by atoms with van der Waals surface area (Å²) >= 11 is 0. The third-order valence-electron chi connectivity index (χ3n) is 8.15. The minimum absolute atomic E-state index is 0.0193. The fraction of sp³-hybridized carbons (Fsp3) is 0.708. The summed E-state index contributed by atoms with van der Waals surface area (Å²) in [5.41, 5.74) is 0.570. The Balaban J connectivity index is 1.26. The lowest BCUT2D eigenvalue weighted by Gasteiger charge is -2.43. The van der Waals surface area contributed by atoms with E-state index in [9.17, 15) is 9.59 Å². The SMILES string of the molecule is CC(=O)N1CCC(CN2CCC3(CC2)CN(C(=O)c2cnn(C)c2)CC3c2nnc(C)o2)CC1. The monoisotopic (exact) mass is 469 g/mol. The predicted octanol–water partition coefficient (Wildman–Crippen LogP) is 1.69. The van der Waals surface area contributed by atoms with Crippen LogP contribution in [0, 0.1) is 18.3 Å². The van der Waals surface area contributed by atoms with E-state index in [0.29, 0.717) is 36.4 Å². The molecule has 0 bridgehead atoms. The van der Waals surface area contributed by atoms with Gasteiger partial charge in [0.25, 0.3) is 5.91 Å². The average Bonchev–Trinajstić information content (AvgIpc) is 3.54. The molecule has 3 fully saturated rings. The highest BCUT2D eigenvalue weighted by atomic mass is 16.4. The second-order valence-corrected chi connectivity index (χ2v) is 10.4. The van der Waals surface area contributed by atoms with Gasteiger partial charge in [-0.05, 0) is 44.7 Å². The van der Waals surface area contributed by atoms with E-state index < -0.39 is 0 Å². The van der Waals surface area contributed by atoms with Gasteiger partial charge in [-0.2, -0.15) is 5.10 Å². The van der Waals surface area contributed by atoms with Crippen LogP contribution in [0.5, 0.6) is 0 Å². The van der Waals surface area contributed by atoms with Gasteiger partial charge in [-0.25, -0.2) is 0 Å². The molecule has 5 rings (SSSR count). The van der Waals surface area contributed by atoms with Crippen molar-refractivity contribution in [1.82, 2.24) is 34.7 Å². The minimum Gasteiger partial charge on any atom is -0.425 e. The number of aromatic nitrogens is 4. The van der Waals surface area contributed by atoms with E-state index in [1.165, 1.54) is 0 Å². The standard InChI is InChI=1S/C24H35N7O3/c1-17-26-27-22(34-17)21-15-31(23(33)20-12-25-28(3)14-20)16-24(21)6-10-29(11-7-24)13-19-4-8-30(9-5-19)18(2)32/h12,14,19,21H,4-11,13,15-16H2,1-3H3. The maximum absolute atomic E-state index is 13.2. The van der Waals surface area contributed by atoms with Crippen LogP contribution in [-0.4, -0.2) is 92.3 Å². The number of aryl methyl sites for hydroxylation is 2. The molecular weight excluding hydrogens is 434 g/mol. The molecule has 2 aromatic heterocycles. The van der Waals surface area contributed by atoms with Gasteiger partial charge < -0.3 is 19.1 Å². The smallest absolute Gasteiger partial charge is 0.257 e. The Morgan fingerprint density at radius 1 is 1.12 bits per heavy atom. The van der Waals surface area contributed by atoms with Crippen molar-refractivity contribution >= 4 is 11.8 Å². The molecule has 3 saturated heterocycles. The van der Waals surface area contributed by atoms with Crippen molar-refractivity contribution in [3.63, 3.8) is 0 Å². The van der Waals surface area contributed by atoms with Crippen LogP contribution >= 0.6 is 0 Å². The molecule has 34 heavy (non-hydrogen) atoms. The zero-order valence-electron chi connectivity index (χ0n) is 20.4. The van der Waals surface area contributed by atoms with Crippen molar-refractivity contribution in [2.45, 2.75) is 45.4 Å². The summed E-state index contributed by atoms with van der Waals surface area (Å²) in [6.45, 7) is 9.63. The summed E-state index contributed by atoms with van der Waals surface area (Å²) < 4.78 is 7.55. The van der Waals surface area contributed by atoms with E-state index in [4.69, 9.17) is 4.42 Å².